The topological polar surface area (TPSA) is 141 Å². The predicted octanol–water partition coefficient (Wildman–Crippen LogP) is 9.65. The number of hydrogen-bond donors (Lipinski definition) is 2. The van der Waals surface area contributed by atoms with Gasteiger partial charge in [0.1, 0.15) is 12.4 Å². The Balaban J connectivity index is 1.57. The number of ether oxygens (including phenoxy) is 1. The molecular weight excluding hydrogens is 552 g/mol. The van der Waals surface area contributed by atoms with E-state index in [1.807, 2.05) is 12.1 Å². The number of hydrogen-bond acceptors (Lipinski definition) is 5. The third-order valence-corrected chi connectivity index (χ3v) is 9.19. The lowest BCUT2D eigenvalue weighted by molar-refractivity contribution is 0.155. The van der Waals surface area contributed by atoms with Gasteiger partial charge in [-0.05, 0) is 90.2 Å². The highest BCUT2D eigenvalue weighted by molar-refractivity contribution is 7.90. The number of sulfonamides is 1. The molecule has 1 aliphatic rings. The van der Waals surface area contributed by atoms with Crippen LogP contribution < -0.4 is 5.32 Å². The standard InChI is InChI=1S/C32H46N4O5S/c1-2-3-4-5-6-7-8-9-10-12-17-27-22-25(23-30(31(27)37)26-15-13-11-14-16-26)24-41-32(38)34-28-18-20-29(21-19-28)42(39,40)36-35-33/h18-23,26,37H,2-17,24H2,1H3,(H,34,38). The molecule has 1 saturated carbocycles. The summed E-state index contributed by atoms with van der Waals surface area (Å²) in [4.78, 5) is 14.7. The fourth-order valence-corrected chi connectivity index (χ4v) is 6.37. The first-order valence-corrected chi connectivity index (χ1v) is 17.0. The molecule has 0 saturated heterocycles. The van der Waals surface area contributed by atoms with Gasteiger partial charge in [0.2, 0.25) is 0 Å². The molecule has 1 amide bonds. The van der Waals surface area contributed by atoms with Crippen molar-refractivity contribution < 1.29 is 23.1 Å². The second kappa shape index (κ2) is 17.7. The van der Waals surface area contributed by atoms with Crippen molar-refractivity contribution in [2.45, 2.75) is 127 Å². The van der Waals surface area contributed by atoms with E-state index in [1.165, 1.54) is 82.1 Å². The van der Waals surface area contributed by atoms with Crippen LogP contribution in [-0.2, 0) is 27.8 Å². The molecule has 42 heavy (non-hydrogen) atoms. The highest BCUT2D eigenvalue weighted by atomic mass is 32.2. The minimum atomic E-state index is -4.10. The first-order chi connectivity index (χ1) is 20.3. The van der Waals surface area contributed by atoms with E-state index in [4.69, 9.17) is 10.3 Å². The maximum atomic E-state index is 12.5. The third-order valence-electron chi connectivity index (χ3n) is 8.04. The largest absolute Gasteiger partial charge is 0.507 e. The van der Waals surface area contributed by atoms with E-state index in [-0.39, 0.29) is 11.5 Å². The van der Waals surface area contributed by atoms with Gasteiger partial charge in [-0.2, -0.15) is 0 Å². The number of phenolic OH excluding ortho intramolecular Hbond substituents is 1. The van der Waals surface area contributed by atoms with Crippen LogP contribution >= 0.6 is 0 Å². The molecule has 0 heterocycles. The van der Waals surface area contributed by atoms with E-state index in [0.717, 1.165) is 61.6 Å². The van der Waals surface area contributed by atoms with Gasteiger partial charge < -0.3 is 9.84 Å². The van der Waals surface area contributed by atoms with Crippen LogP contribution in [-0.4, -0.2) is 19.6 Å². The monoisotopic (exact) mass is 598 g/mol. The van der Waals surface area contributed by atoms with Crippen LogP contribution in [0.15, 0.2) is 45.8 Å². The number of carbonyl (C=O) groups is 1. The molecule has 1 aliphatic carbocycles. The van der Waals surface area contributed by atoms with Crippen molar-refractivity contribution in [3.8, 4) is 5.75 Å². The zero-order chi connectivity index (χ0) is 30.2. The lowest BCUT2D eigenvalue weighted by Crippen LogP contribution is -2.14. The first kappa shape index (κ1) is 33.3. The SMILES string of the molecule is CCCCCCCCCCCCc1cc(COC(=O)Nc2ccc(S(=O)(=O)N=[N+]=[N-])cc2)cc(C2CCCCC2)c1O. The molecular formula is C32H46N4O5S. The summed E-state index contributed by atoms with van der Waals surface area (Å²) in [5.41, 5.74) is 11.5. The number of benzene rings is 2. The van der Waals surface area contributed by atoms with E-state index < -0.39 is 16.1 Å². The van der Waals surface area contributed by atoms with E-state index in [2.05, 4.69) is 21.7 Å². The van der Waals surface area contributed by atoms with Crippen molar-refractivity contribution in [1.82, 2.24) is 0 Å². The Kier molecular flexibility index (Phi) is 14.0. The van der Waals surface area contributed by atoms with Crippen LogP contribution in [0.3, 0.4) is 0 Å². The lowest BCUT2D eigenvalue weighted by atomic mass is 9.82. The van der Waals surface area contributed by atoms with Crippen molar-refractivity contribution in [2.75, 3.05) is 5.32 Å². The molecule has 0 unspecified atom stereocenters. The number of rotatable bonds is 17. The van der Waals surface area contributed by atoms with Crippen LogP contribution in [0.5, 0.6) is 5.75 Å². The number of anilines is 1. The molecule has 2 N–H and O–H groups in total. The fraction of sp³-hybridized carbons (Fsp3) is 0.594. The summed E-state index contributed by atoms with van der Waals surface area (Å²) in [5, 5.41) is 13.8. The number of nitrogens with zero attached hydrogens (tertiary/aromatic N) is 3. The number of amides is 1. The van der Waals surface area contributed by atoms with Gasteiger partial charge in [0.05, 0.1) is 4.90 Å². The molecule has 10 heteroatoms. The number of unbranched alkanes of at least 4 members (excludes halogenated alkanes) is 9. The molecule has 3 rings (SSSR count). The average Bonchev–Trinajstić information content (AvgIpc) is 2.99. The number of azide groups is 1. The second-order valence-corrected chi connectivity index (χ2v) is 12.9. The second-order valence-electron chi connectivity index (χ2n) is 11.3. The summed E-state index contributed by atoms with van der Waals surface area (Å²) < 4.78 is 32.0. The van der Waals surface area contributed by atoms with Gasteiger partial charge in [-0.25, -0.2) is 13.2 Å². The number of phenols is 1. The maximum Gasteiger partial charge on any atom is 0.411 e. The lowest BCUT2D eigenvalue weighted by Gasteiger charge is -2.24. The van der Waals surface area contributed by atoms with E-state index in [1.54, 1.807) is 0 Å². The Morgan fingerprint density at radius 3 is 2.21 bits per heavy atom. The summed E-state index contributed by atoms with van der Waals surface area (Å²) >= 11 is 0. The summed E-state index contributed by atoms with van der Waals surface area (Å²) in [7, 11) is -4.10. The highest BCUT2D eigenvalue weighted by Crippen LogP contribution is 2.40. The molecule has 0 aromatic heterocycles. The highest BCUT2D eigenvalue weighted by Gasteiger charge is 2.22. The van der Waals surface area contributed by atoms with Crippen LogP contribution in [0.2, 0.25) is 0 Å². The minimum Gasteiger partial charge on any atom is -0.507 e. The van der Waals surface area contributed by atoms with Gasteiger partial charge in [-0.3, -0.25) is 5.32 Å². The molecule has 0 spiro atoms. The third kappa shape index (κ3) is 10.9. The Morgan fingerprint density at radius 2 is 1.60 bits per heavy atom. The molecule has 1 fully saturated rings. The quantitative estimate of drug-likeness (QED) is 0.0806. The van der Waals surface area contributed by atoms with Crippen molar-refractivity contribution >= 4 is 21.8 Å². The summed E-state index contributed by atoms with van der Waals surface area (Å²) in [6, 6.07) is 9.22. The van der Waals surface area contributed by atoms with E-state index in [0.29, 0.717) is 17.4 Å². The van der Waals surface area contributed by atoms with Crippen molar-refractivity contribution in [3.05, 3.63) is 63.5 Å². The van der Waals surface area contributed by atoms with Crippen LogP contribution in [0.25, 0.3) is 10.4 Å². The molecule has 0 atom stereocenters. The van der Waals surface area contributed by atoms with Crippen molar-refractivity contribution in [3.63, 3.8) is 0 Å². The van der Waals surface area contributed by atoms with Crippen LogP contribution in [0.4, 0.5) is 10.5 Å². The maximum absolute atomic E-state index is 12.5. The summed E-state index contributed by atoms with van der Waals surface area (Å²) in [6.45, 7) is 2.30. The van der Waals surface area contributed by atoms with E-state index in [9.17, 15) is 18.3 Å². The minimum absolute atomic E-state index is 0.0558. The molecule has 2 aromatic rings. The van der Waals surface area contributed by atoms with Crippen LogP contribution in [0, 0.1) is 0 Å². The number of nitrogens with one attached hydrogen (secondary N) is 1. The average molecular weight is 599 g/mol. The fourth-order valence-electron chi connectivity index (χ4n) is 5.70. The molecule has 9 nitrogen and oxygen atoms in total. The number of carbonyl (C=O) groups excluding carboxylic acids is 1. The molecule has 0 aliphatic heterocycles. The first-order valence-electron chi connectivity index (χ1n) is 15.5. The predicted molar refractivity (Wildman–Crippen MR) is 166 cm³/mol. The Morgan fingerprint density at radius 1 is 0.976 bits per heavy atom. The zero-order valence-electron chi connectivity index (χ0n) is 24.9. The van der Waals surface area contributed by atoms with Crippen molar-refractivity contribution in [2.24, 2.45) is 4.52 Å². The smallest absolute Gasteiger partial charge is 0.411 e. The number of aryl methyl sites for hydroxylation is 1. The van der Waals surface area contributed by atoms with Gasteiger partial charge >= 0.3 is 6.09 Å². The summed E-state index contributed by atoms with van der Waals surface area (Å²) in [5.74, 6) is 0.723. The van der Waals surface area contributed by atoms with E-state index >= 15 is 0 Å². The molecule has 0 radical (unpaired) electrons. The Hall–Kier alpha value is -3.23. The molecule has 230 valence electrons. The number of aromatic hydroxyl groups is 1. The van der Waals surface area contributed by atoms with Gasteiger partial charge in [0.25, 0.3) is 10.0 Å². The van der Waals surface area contributed by atoms with Gasteiger partial charge in [0.15, 0.2) is 0 Å². The van der Waals surface area contributed by atoms with Gasteiger partial charge in [-0.15, -0.1) is 0 Å². The summed E-state index contributed by atoms with van der Waals surface area (Å²) in [6.07, 6.45) is 18.3. The van der Waals surface area contributed by atoms with Crippen LogP contribution in [0.1, 0.15) is 126 Å². The molecule has 2 aromatic carbocycles. The van der Waals surface area contributed by atoms with Crippen molar-refractivity contribution in [1.29, 1.82) is 0 Å². The normalized spacial score (nSPS) is 13.8. The van der Waals surface area contributed by atoms with Gasteiger partial charge in [0, 0.05) is 15.1 Å². The Bertz CT molecular complexity index is 1280. The molecule has 0 bridgehead atoms. The Labute approximate surface area is 250 Å². The zero-order valence-corrected chi connectivity index (χ0v) is 25.7. The van der Waals surface area contributed by atoms with Gasteiger partial charge in [-0.1, -0.05) is 84.0 Å².